The highest BCUT2D eigenvalue weighted by Crippen LogP contribution is 2.16. The van der Waals surface area contributed by atoms with Gasteiger partial charge in [0.2, 0.25) is 5.91 Å². The van der Waals surface area contributed by atoms with Crippen LogP contribution in [0.5, 0.6) is 0 Å². The molecule has 1 aliphatic rings. The number of hydrogen-bond acceptors (Lipinski definition) is 3. The van der Waals surface area contributed by atoms with Crippen LogP contribution in [-0.4, -0.2) is 38.0 Å². The van der Waals surface area contributed by atoms with Crippen molar-refractivity contribution in [2.45, 2.75) is 20.0 Å². The van der Waals surface area contributed by atoms with Gasteiger partial charge in [0.1, 0.15) is 5.82 Å². The lowest BCUT2D eigenvalue weighted by Crippen LogP contribution is -2.47. The molecule has 2 aromatic carbocycles. The van der Waals surface area contributed by atoms with E-state index < -0.39 is 0 Å². The number of nitrogens with zero attached hydrogens (tertiary/aromatic N) is 2. The standard InChI is InChI=1S/C21H26FN5O/c1-2-23-21(26-14-17-4-3-5-18(22)12-17)25-13-16-6-8-19(9-7-16)27-11-10-24-20(28)15-27/h3-9,12H,2,10-11,13-15H2,1H3,(H,24,28)(H2,23,25,26). The molecule has 0 saturated carbocycles. The van der Waals surface area contributed by atoms with E-state index in [0.717, 1.165) is 29.9 Å². The molecule has 0 unspecified atom stereocenters. The lowest BCUT2D eigenvalue weighted by Gasteiger charge is -2.28. The van der Waals surface area contributed by atoms with Gasteiger partial charge in [-0.25, -0.2) is 9.38 Å². The van der Waals surface area contributed by atoms with Gasteiger partial charge in [0.05, 0.1) is 13.1 Å². The van der Waals surface area contributed by atoms with Gasteiger partial charge in [-0.05, 0) is 42.3 Å². The number of nitrogens with one attached hydrogen (secondary N) is 3. The Morgan fingerprint density at radius 1 is 1.18 bits per heavy atom. The van der Waals surface area contributed by atoms with E-state index in [9.17, 15) is 9.18 Å². The quantitative estimate of drug-likeness (QED) is 0.527. The minimum atomic E-state index is -0.253. The van der Waals surface area contributed by atoms with E-state index in [1.165, 1.54) is 12.1 Å². The number of carbonyl (C=O) groups is 1. The van der Waals surface area contributed by atoms with Gasteiger partial charge in [-0.1, -0.05) is 24.3 Å². The highest BCUT2D eigenvalue weighted by molar-refractivity contribution is 5.82. The first-order valence-electron chi connectivity index (χ1n) is 9.51. The fourth-order valence-electron chi connectivity index (χ4n) is 3.02. The molecule has 1 aliphatic heterocycles. The first-order chi connectivity index (χ1) is 13.6. The number of aliphatic imine (C=N–C) groups is 1. The first kappa shape index (κ1) is 19.7. The summed E-state index contributed by atoms with van der Waals surface area (Å²) in [6, 6.07) is 14.6. The van der Waals surface area contributed by atoms with E-state index in [2.05, 4.69) is 25.8 Å². The van der Waals surface area contributed by atoms with Crippen LogP contribution in [0.15, 0.2) is 53.5 Å². The van der Waals surface area contributed by atoms with Crippen LogP contribution in [0.4, 0.5) is 10.1 Å². The number of carbonyl (C=O) groups excluding carboxylic acids is 1. The third-order valence-electron chi connectivity index (χ3n) is 4.45. The monoisotopic (exact) mass is 383 g/mol. The Balaban J connectivity index is 1.57. The van der Waals surface area contributed by atoms with E-state index in [1.807, 2.05) is 37.3 Å². The third-order valence-corrected chi connectivity index (χ3v) is 4.45. The maximum Gasteiger partial charge on any atom is 0.239 e. The summed E-state index contributed by atoms with van der Waals surface area (Å²) in [7, 11) is 0. The van der Waals surface area contributed by atoms with Crippen molar-refractivity contribution >= 4 is 17.6 Å². The lowest BCUT2D eigenvalue weighted by atomic mass is 10.2. The highest BCUT2D eigenvalue weighted by atomic mass is 19.1. The van der Waals surface area contributed by atoms with Gasteiger partial charge in [-0.15, -0.1) is 0 Å². The van der Waals surface area contributed by atoms with Crippen LogP contribution in [0.1, 0.15) is 18.1 Å². The predicted octanol–water partition coefficient (Wildman–Crippen LogP) is 2.02. The van der Waals surface area contributed by atoms with Crippen LogP contribution in [-0.2, 0) is 17.9 Å². The van der Waals surface area contributed by atoms with E-state index >= 15 is 0 Å². The molecule has 6 nitrogen and oxygen atoms in total. The maximum atomic E-state index is 13.3. The third kappa shape index (κ3) is 5.70. The van der Waals surface area contributed by atoms with Gasteiger partial charge in [-0.3, -0.25) is 4.79 Å². The van der Waals surface area contributed by atoms with Crippen molar-refractivity contribution in [2.75, 3.05) is 31.1 Å². The van der Waals surface area contributed by atoms with Crippen LogP contribution in [0, 0.1) is 5.82 Å². The zero-order valence-electron chi connectivity index (χ0n) is 16.0. The highest BCUT2D eigenvalue weighted by Gasteiger charge is 2.16. The fraction of sp³-hybridized carbons (Fsp3) is 0.333. The summed E-state index contributed by atoms with van der Waals surface area (Å²) in [5, 5.41) is 9.33. The lowest BCUT2D eigenvalue weighted by molar-refractivity contribution is -0.120. The molecule has 1 amide bonds. The number of halogens is 1. The van der Waals surface area contributed by atoms with Crippen molar-refractivity contribution in [3.8, 4) is 0 Å². The van der Waals surface area contributed by atoms with Crippen molar-refractivity contribution in [2.24, 2.45) is 4.99 Å². The van der Waals surface area contributed by atoms with Gasteiger partial charge in [0, 0.05) is 31.9 Å². The summed E-state index contributed by atoms with van der Waals surface area (Å²) in [6.07, 6.45) is 0. The summed E-state index contributed by atoms with van der Waals surface area (Å²) in [4.78, 5) is 18.1. The SMILES string of the molecule is CCNC(=NCc1cccc(F)c1)NCc1ccc(N2CCNC(=O)C2)cc1. The molecule has 1 saturated heterocycles. The maximum absolute atomic E-state index is 13.3. The van der Waals surface area contributed by atoms with E-state index in [0.29, 0.717) is 32.1 Å². The van der Waals surface area contributed by atoms with Crippen molar-refractivity contribution in [3.05, 3.63) is 65.5 Å². The zero-order valence-corrected chi connectivity index (χ0v) is 16.0. The average molecular weight is 383 g/mol. The van der Waals surface area contributed by atoms with Gasteiger partial charge < -0.3 is 20.9 Å². The van der Waals surface area contributed by atoms with Gasteiger partial charge >= 0.3 is 0 Å². The van der Waals surface area contributed by atoms with Crippen molar-refractivity contribution in [3.63, 3.8) is 0 Å². The van der Waals surface area contributed by atoms with Gasteiger partial charge in [0.15, 0.2) is 5.96 Å². The second-order valence-electron chi connectivity index (χ2n) is 6.62. The minimum Gasteiger partial charge on any atom is -0.360 e. The summed E-state index contributed by atoms with van der Waals surface area (Å²) < 4.78 is 13.3. The Morgan fingerprint density at radius 2 is 2.00 bits per heavy atom. The van der Waals surface area contributed by atoms with E-state index in [4.69, 9.17) is 0 Å². The topological polar surface area (TPSA) is 68.8 Å². The number of anilines is 1. The van der Waals surface area contributed by atoms with E-state index in [1.54, 1.807) is 6.07 Å². The summed E-state index contributed by atoms with van der Waals surface area (Å²) in [6.45, 7) is 5.66. The second-order valence-corrected chi connectivity index (χ2v) is 6.62. The normalized spacial score (nSPS) is 14.6. The molecule has 0 aromatic heterocycles. The van der Waals surface area contributed by atoms with Crippen molar-refractivity contribution in [1.29, 1.82) is 0 Å². The molecule has 148 valence electrons. The molecule has 1 heterocycles. The summed E-state index contributed by atoms with van der Waals surface area (Å²) >= 11 is 0. The molecule has 3 N–H and O–H groups in total. The molecule has 28 heavy (non-hydrogen) atoms. The number of piperazine rings is 1. The van der Waals surface area contributed by atoms with Crippen molar-refractivity contribution < 1.29 is 9.18 Å². The average Bonchev–Trinajstić information content (AvgIpc) is 2.70. The van der Waals surface area contributed by atoms with Gasteiger partial charge in [-0.2, -0.15) is 0 Å². The first-order valence-corrected chi connectivity index (χ1v) is 9.51. The van der Waals surface area contributed by atoms with Crippen LogP contribution in [0.2, 0.25) is 0 Å². The summed E-state index contributed by atoms with van der Waals surface area (Å²) in [5.41, 5.74) is 2.99. The largest absolute Gasteiger partial charge is 0.360 e. The number of benzene rings is 2. The van der Waals surface area contributed by atoms with Crippen LogP contribution >= 0.6 is 0 Å². The molecule has 0 radical (unpaired) electrons. The minimum absolute atomic E-state index is 0.0572. The predicted molar refractivity (Wildman–Crippen MR) is 110 cm³/mol. The zero-order chi connectivity index (χ0) is 19.8. The van der Waals surface area contributed by atoms with E-state index in [-0.39, 0.29) is 11.7 Å². The van der Waals surface area contributed by atoms with Crippen LogP contribution < -0.4 is 20.9 Å². The Labute approximate surface area is 164 Å². The molecule has 0 aliphatic carbocycles. The Kier molecular flexibility index (Phi) is 6.84. The Hall–Kier alpha value is -3.09. The second kappa shape index (κ2) is 9.73. The van der Waals surface area contributed by atoms with Crippen LogP contribution in [0.25, 0.3) is 0 Å². The molecule has 2 aromatic rings. The summed E-state index contributed by atoms with van der Waals surface area (Å²) in [5.74, 6) is 0.488. The molecule has 3 rings (SSSR count). The number of hydrogen-bond donors (Lipinski definition) is 3. The van der Waals surface area contributed by atoms with Crippen molar-refractivity contribution in [1.82, 2.24) is 16.0 Å². The molecule has 7 heteroatoms. The molecule has 1 fully saturated rings. The Morgan fingerprint density at radius 3 is 2.71 bits per heavy atom. The molecular formula is C21H26FN5O. The Bertz CT molecular complexity index is 822. The fourth-order valence-corrected chi connectivity index (χ4v) is 3.02. The number of rotatable bonds is 6. The van der Waals surface area contributed by atoms with Crippen LogP contribution in [0.3, 0.4) is 0 Å². The van der Waals surface area contributed by atoms with Gasteiger partial charge in [0.25, 0.3) is 0 Å². The molecule has 0 bridgehead atoms. The molecule has 0 spiro atoms. The smallest absolute Gasteiger partial charge is 0.239 e. The number of amides is 1. The number of guanidine groups is 1. The molecular weight excluding hydrogens is 357 g/mol. The molecule has 0 atom stereocenters.